The van der Waals surface area contributed by atoms with Crippen molar-refractivity contribution in [3.63, 3.8) is 0 Å². The summed E-state index contributed by atoms with van der Waals surface area (Å²) in [6.07, 6.45) is 1.53. The molecule has 33 heavy (non-hydrogen) atoms. The molecular formula is C27H23N3O3. The van der Waals surface area contributed by atoms with Crippen LogP contribution in [-0.2, 0) is 11.4 Å². The molecule has 6 nitrogen and oxygen atoms in total. The van der Waals surface area contributed by atoms with Gasteiger partial charge in [0.05, 0.1) is 17.7 Å². The van der Waals surface area contributed by atoms with Crippen molar-refractivity contribution in [3.8, 4) is 23.6 Å². The molecule has 1 N–H and O–H groups in total. The van der Waals surface area contributed by atoms with E-state index < -0.39 is 5.91 Å². The molecule has 0 saturated heterocycles. The number of ether oxygens (including phenoxy) is 2. The highest BCUT2D eigenvalue weighted by atomic mass is 16.5. The fraction of sp³-hybridized carbons (Fsp3) is 0.148. The van der Waals surface area contributed by atoms with E-state index in [0.717, 1.165) is 5.56 Å². The molecule has 3 rings (SSSR count). The zero-order valence-electron chi connectivity index (χ0n) is 18.4. The molecule has 0 radical (unpaired) electrons. The third kappa shape index (κ3) is 6.72. The van der Waals surface area contributed by atoms with Crippen molar-refractivity contribution in [2.24, 2.45) is 0 Å². The Morgan fingerprint density at radius 1 is 1.00 bits per heavy atom. The van der Waals surface area contributed by atoms with Gasteiger partial charge in [-0.1, -0.05) is 36.4 Å². The van der Waals surface area contributed by atoms with E-state index in [-0.39, 0.29) is 18.3 Å². The van der Waals surface area contributed by atoms with Gasteiger partial charge in [0.15, 0.2) is 0 Å². The molecule has 1 amide bonds. The first-order valence-corrected chi connectivity index (χ1v) is 10.4. The minimum atomic E-state index is -0.507. The first-order valence-electron chi connectivity index (χ1n) is 10.4. The van der Waals surface area contributed by atoms with Crippen molar-refractivity contribution >= 4 is 17.7 Å². The van der Waals surface area contributed by atoms with Crippen LogP contribution in [0.25, 0.3) is 6.08 Å². The highest BCUT2D eigenvalue weighted by Gasteiger charge is 2.11. The number of nitrogens with one attached hydrogen (secondary N) is 1. The number of amides is 1. The molecule has 0 aliphatic carbocycles. The molecule has 3 aromatic carbocycles. The number of anilines is 1. The second-order valence-electron chi connectivity index (χ2n) is 7.45. The van der Waals surface area contributed by atoms with E-state index in [2.05, 4.69) is 11.4 Å². The Balaban J connectivity index is 1.65. The van der Waals surface area contributed by atoms with Crippen LogP contribution in [0.5, 0.6) is 11.5 Å². The van der Waals surface area contributed by atoms with E-state index in [4.69, 9.17) is 14.7 Å². The van der Waals surface area contributed by atoms with Gasteiger partial charge in [-0.25, -0.2) is 0 Å². The largest absolute Gasteiger partial charge is 0.491 e. The number of benzene rings is 3. The molecule has 0 aliphatic rings. The summed E-state index contributed by atoms with van der Waals surface area (Å²) in [6.45, 7) is 4.11. The Kier molecular flexibility index (Phi) is 7.83. The van der Waals surface area contributed by atoms with Gasteiger partial charge in [-0.05, 0) is 55.8 Å². The summed E-state index contributed by atoms with van der Waals surface area (Å²) in [5.41, 5.74) is 2.57. The maximum absolute atomic E-state index is 12.6. The van der Waals surface area contributed by atoms with Crippen molar-refractivity contribution in [2.75, 3.05) is 5.32 Å². The van der Waals surface area contributed by atoms with Gasteiger partial charge in [0.25, 0.3) is 5.91 Å². The molecule has 0 atom stereocenters. The third-order valence-electron chi connectivity index (χ3n) is 4.55. The van der Waals surface area contributed by atoms with Crippen molar-refractivity contribution < 1.29 is 14.3 Å². The standard InChI is InChI=1S/C27H23N3O3/c1-19(2)33-26-9-5-8-24(15-26)30-27(31)23(17-29)14-20-10-12-25(13-11-20)32-18-22-7-4-3-6-21(22)16-28/h3-15,19H,18H2,1-2H3,(H,30,31)/b23-14-. The van der Waals surface area contributed by atoms with Crippen LogP contribution in [0.1, 0.15) is 30.5 Å². The summed E-state index contributed by atoms with van der Waals surface area (Å²) >= 11 is 0. The van der Waals surface area contributed by atoms with Crippen LogP contribution in [0, 0.1) is 22.7 Å². The van der Waals surface area contributed by atoms with E-state index in [1.165, 1.54) is 6.08 Å². The fourth-order valence-electron chi connectivity index (χ4n) is 3.01. The number of hydrogen-bond donors (Lipinski definition) is 1. The Hall–Kier alpha value is -4.55. The van der Waals surface area contributed by atoms with E-state index in [9.17, 15) is 10.1 Å². The van der Waals surface area contributed by atoms with Gasteiger partial charge >= 0.3 is 0 Å². The number of rotatable bonds is 8. The van der Waals surface area contributed by atoms with Gasteiger partial charge in [-0.2, -0.15) is 10.5 Å². The van der Waals surface area contributed by atoms with Crippen LogP contribution in [0.15, 0.2) is 78.4 Å². The molecule has 164 valence electrons. The number of nitriles is 2. The molecule has 0 heterocycles. The molecule has 6 heteroatoms. The molecule has 0 fully saturated rings. The van der Waals surface area contributed by atoms with Crippen LogP contribution in [0.2, 0.25) is 0 Å². The van der Waals surface area contributed by atoms with Gasteiger partial charge < -0.3 is 14.8 Å². The van der Waals surface area contributed by atoms with Gasteiger partial charge in [-0.3, -0.25) is 4.79 Å². The van der Waals surface area contributed by atoms with Crippen LogP contribution in [0.3, 0.4) is 0 Å². The molecule has 0 spiro atoms. The molecule has 0 bridgehead atoms. The summed E-state index contributed by atoms with van der Waals surface area (Å²) in [6, 6.07) is 25.4. The van der Waals surface area contributed by atoms with Gasteiger partial charge in [-0.15, -0.1) is 0 Å². The second kappa shape index (κ2) is 11.2. The van der Waals surface area contributed by atoms with Crippen LogP contribution in [-0.4, -0.2) is 12.0 Å². The monoisotopic (exact) mass is 437 g/mol. The van der Waals surface area contributed by atoms with Gasteiger partial charge in [0.1, 0.15) is 29.7 Å². The van der Waals surface area contributed by atoms with E-state index in [1.807, 2.05) is 38.1 Å². The summed E-state index contributed by atoms with van der Waals surface area (Å²) in [5.74, 6) is 0.746. The summed E-state index contributed by atoms with van der Waals surface area (Å²) in [5, 5.41) is 21.4. The van der Waals surface area contributed by atoms with E-state index in [0.29, 0.717) is 28.3 Å². The maximum atomic E-state index is 12.6. The lowest BCUT2D eigenvalue weighted by atomic mass is 10.1. The molecule has 0 saturated carbocycles. The maximum Gasteiger partial charge on any atom is 0.266 e. The first kappa shape index (κ1) is 23.1. The van der Waals surface area contributed by atoms with Crippen LogP contribution < -0.4 is 14.8 Å². The van der Waals surface area contributed by atoms with Crippen LogP contribution >= 0.6 is 0 Å². The minimum Gasteiger partial charge on any atom is -0.491 e. The lowest BCUT2D eigenvalue weighted by molar-refractivity contribution is -0.112. The topological polar surface area (TPSA) is 95.1 Å². The fourth-order valence-corrected chi connectivity index (χ4v) is 3.01. The zero-order chi connectivity index (χ0) is 23.6. The van der Waals surface area contributed by atoms with Crippen molar-refractivity contribution in [1.29, 1.82) is 10.5 Å². The Bertz CT molecular complexity index is 1230. The lowest BCUT2D eigenvalue weighted by Gasteiger charge is -2.11. The highest BCUT2D eigenvalue weighted by Crippen LogP contribution is 2.20. The summed E-state index contributed by atoms with van der Waals surface area (Å²) < 4.78 is 11.4. The predicted octanol–water partition coefficient (Wildman–Crippen LogP) is 5.47. The molecule has 3 aromatic rings. The predicted molar refractivity (Wildman–Crippen MR) is 126 cm³/mol. The average Bonchev–Trinajstić information content (AvgIpc) is 2.81. The quantitative estimate of drug-likeness (QED) is 0.372. The molecular weight excluding hydrogens is 414 g/mol. The third-order valence-corrected chi connectivity index (χ3v) is 4.55. The first-order chi connectivity index (χ1) is 16.0. The van der Waals surface area contributed by atoms with Gasteiger partial charge in [0, 0.05) is 17.3 Å². The molecule has 0 aromatic heterocycles. The minimum absolute atomic E-state index is 0.0126. The van der Waals surface area contributed by atoms with E-state index >= 15 is 0 Å². The summed E-state index contributed by atoms with van der Waals surface area (Å²) in [7, 11) is 0. The average molecular weight is 437 g/mol. The van der Waals surface area contributed by atoms with Crippen molar-refractivity contribution in [3.05, 3.63) is 95.1 Å². The number of carbonyl (C=O) groups excluding carboxylic acids is 1. The van der Waals surface area contributed by atoms with Crippen molar-refractivity contribution in [1.82, 2.24) is 0 Å². The Morgan fingerprint density at radius 2 is 1.76 bits per heavy atom. The van der Waals surface area contributed by atoms with Crippen LogP contribution in [0.4, 0.5) is 5.69 Å². The Labute approximate surface area is 193 Å². The highest BCUT2D eigenvalue weighted by molar-refractivity contribution is 6.09. The van der Waals surface area contributed by atoms with E-state index in [1.54, 1.807) is 54.6 Å². The summed E-state index contributed by atoms with van der Waals surface area (Å²) in [4.78, 5) is 12.6. The normalized spacial score (nSPS) is 10.8. The number of hydrogen-bond acceptors (Lipinski definition) is 5. The SMILES string of the molecule is CC(C)Oc1cccc(NC(=O)/C(C#N)=C\c2ccc(OCc3ccccc3C#N)cc2)c1. The Morgan fingerprint density at radius 3 is 2.45 bits per heavy atom. The molecule has 0 unspecified atom stereocenters. The molecule has 0 aliphatic heterocycles. The van der Waals surface area contributed by atoms with Gasteiger partial charge in [0.2, 0.25) is 0 Å². The smallest absolute Gasteiger partial charge is 0.266 e. The number of nitrogens with zero attached hydrogens (tertiary/aromatic N) is 2. The second-order valence-corrected chi connectivity index (χ2v) is 7.45. The lowest BCUT2D eigenvalue weighted by Crippen LogP contribution is -2.13. The number of carbonyl (C=O) groups is 1. The van der Waals surface area contributed by atoms with Crippen molar-refractivity contribution in [2.45, 2.75) is 26.6 Å². The zero-order valence-corrected chi connectivity index (χ0v) is 18.4.